The summed E-state index contributed by atoms with van der Waals surface area (Å²) in [6.07, 6.45) is 2.53. The van der Waals surface area contributed by atoms with E-state index in [2.05, 4.69) is 26.2 Å². The summed E-state index contributed by atoms with van der Waals surface area (Å²) >= 11 is 15.6. The number of fused-ring (bicyclic) bond motifs is 1. The molecule has 0 radical (unpaired) electrons. The molecular weight excluding hydrogens is 413 g/mol. The van der Waals surface area contributed by atoms with Crippen molar-refractivity contribution in [3.63, 3.8) is 0 Å². The molecule has 124 valence electrons. The van der Waals surface area contributed by atoms with Crippen LogP contribution in [-0.4, -0.2) is 15.3 Å². The molecule has 0 atom stereocenters. The van der Waals surface area contributed by atoms with Crippen molar-refractivity contribution in [3.8, 4) is 0 Å². The second-order valence-electron chi connectivity index (χ2n) is 5.40. The zero-order valence-corrected chi connectivity index (χ0v) is 16.1. The van der Waals surface area contributed by atoms with E-state index in [0.29, 0.717) is 33.5 Å². The van der Waals surface area contributed by atoms with Gasteiger partial charge in [-0.1, -0.05) is 30.1 Å². The van der Waals surface area contributed by atoms with E-state index in [9.17, 15) is 4.79 Å². The van der Waals surface area contributed by atoms with Crippen molar-refractivity contribution in [2.24, 2.45) is 0 Å². The molecule has 0 bridgehead atoms. The number of carbonyl (C=O) groups is 1. The largest absolute Gasteiger partial charge is 0.319 e. The first kappa shape index (κ1) is 17.3. The van der Waals surface area contributed by atoms with Crippen molar-refractivity contribution in [2.75, 3.05) is 5.32 Å². The Morgan fingerprint density at radius 1 is 1.33 bits per heavy atom. The highest BCUT2D eigenvalue weighted by Gasteiger charge is 2.20. The fourth-order valence-electron chi connectivity index (χ4n) is 2.54. The molecule has 1 aromatic carbocycles. The maximum absolute atomic E-state index is 12.9. The quantitative estimate of drug-likeness (QED) is 0.598. The van der Waals surface area contributed by atoms with Crippen LogP contribution in [0.1, 0.15) is 28.7 Å². The van der Waals surface area contributed by atoms with Crippen molar-refractivity contribution in [1.82, 2.24) is 9.38 Å². The minimum atomic E-state index is -0.277. The molecular formula is C17H14BrCl2N3O. The Bertz CT molecular complexity index is 953. The lowest BCUT2D eigenvalue weighted by Crippen LogP contribution is -2.16. The van der Waals surface area contributed by atoms with E-state index in [4.69, 9.17) is 23.2 Å². The Hall–Kier alpha value is -1.56. The third-order valence-electron chi connectivity index (χ3n) is 3.61. The fraction of sp³-hybridized carbons (Fsp3) is 0.176. The number of imidazole rings is 1. The minimum Gasteiger partial charge on any atom is -0.319 e. The summed E-state index contributed by atoms with van der Waals surface area (Å²) in [5.74, 6) is -0.277. The number of halogens is 3. The van der Waals surface area contributed by atoms with Gasteiger partial charge < -0.3 is 5.32 Å². The normalized spacial score (nSPS) is 11.0. The van der Waals surface area contributed by atoms with Gasteiger partial charge in [0.25, 0.3) is 5.91 Å². The predicted molar refractivity (Wildman–Crippen MR) is 101 cm³/mol. The SMILES string of the molecule is CCc1nc2c(Br)cc(C)cn2c1C(=O)Nc1cc(Cl)ccc1Cl. The van der Waals surface area contributed by atoms with E-state index in [1.165, 1.54) is 0 Å². The van der Waals surface area contributed by atoms with Crippen LogP contribution in [0.4, 0.5) is 5.69 Å². The lowest BCUT2D eigenvalue weighted by Gasteiger charge is -2.09. The van der Waals surface area contributed by atoms with E-state index < -0.39 is 0 Å². The third-order valence-corrected chi connectivity index (χ3v) is 4.76. The molecule has 3 aromatic rings. The van der Waals surface area contributed by atoms with Crippen LogP contribution in [-0.2, 0) is 6.42 Å². The molecule has 2 heterocycles. The zero-order valence-electron chi connectivity index (χ0n) is 13.0. The van der Waals surface area contributed by atoms with Crippen molar-refractivity contribution < 1.29 is 4.79 Å². The van der Waals surface area contributed by atoms with Crippen molar-refractivity contribution >= 4 is 56.4 Å². The highest BCUT2D eigenvalue weighted by Crippen LogP contribution is 2.27. The monoisotopic (exact) mass is 425 g/mol. The zero-order chi connectivity index (χ0) is 17.4. The minimum absolute atomic E-state index is 0.277. The van der Waals surface area contributed by atoms with Gasteiger partial charge in [0.1, 0.15) is 5.69 Å². The van der Waals surface area contributed by atoms with Gasteiger partial charge in [-0.2, -0.15) is 0 Å². The van der Waals surface area contributed by atoms with E-state index in [-0.39, 0.29) is 5.91 Å². The van der Waals surface area contributed by atoms with Crippen LogP contribution in [0.5, 0.6) is 0 Å². The summed E-state index contributed by atoms with van der Waals surface area (Å²) in [4.78, 5) is 17.4. The van der Waals surface area contributed by atoms with Crippen LogP contribution in [0.3, 0.4) is 0 Å². The fourth-order valence-corrected chi connectivity index (χ4v) is 3.52. The molecule has 0 fully saturated rings. The maximum atomic E-state index is 12.9. The molecule has 1 amide bonds. The smallest absolute Gasteiger partial charge is 0.274 e. The molecule has 0 spiro atoms. The Balaban J connectivity index is 2.11. The van der Waals surface area contributed by atoms with Crippen molar-refractivity contribution in [1.29, 1.82) is 0 Å². The second-order valence-corrected chi connectivity index (χ2v) is 7.10. The van der Waals surface area contributed by atoms with Crippen LogP contribution >= 0.6 is 39.1 Å². The first-order valence-corrected chi connectivity index (χ1v) is 8.89. The number of hydrogen-bond acceptors (Lipinski definition) is 2. The van der Waals surface area contributed by atoms with Crippen LogP contribution < -0.4 is 5.32 Å². The first-order valence-electron chi connectivity index (χ1n) is 7.34. The number of rotatable bonds is 3. The van der Waals surface area contributed by atoms with E-state index >= 15 is 0 Å². The first-order chi connectivity index (χ1) is 11.4. The van der Waals surface area contributed by atoms with Crippen LogP contribution in [0.25, 0.3) is 5.65 Å². The van der Waals surface area contributed by atoms with Gasteiger partial charge in [0, 0.05) is 11.2 Å². The summed E-state index contributed by atoms with van der Waals surface area (Å²) in [5.41, 5.74) is 3.41. The number of nitrogens with zero attached hydrogens (tertiary/aromatic N) is 2. The molecule has 3 rings (SSSR count). The van der Waals surface area contributed by atoms with E-state index in [0.717, 1.165) is 15.7 Å². The molecule has 4 nitrogen and oxygen atoms in total. The molecule has 0 aliphatic heterocycles. The number of aryl methyl sites for hydroxylation is 2. The van der Waals surface area contributed by atoms with Crippen LogP contribution in [0.15, 0.2) is 34.9 Å². The van der Waals surface area contributed by atoms with E-state index in [1.807, 2.05) is 26.1 Å². The van der Waals surface area contributed by atoms with Crippen LogP contribution in [0, 0.1) is 6.92 Å². The summed E-state index contributed by atoms with van der Waals surface area (Å²) in [6, 6.07) is 6.91. The summed E-state index contributed by atoms with van der Waals surface area (Å²) in [5, 5.41) is 3.76. The number of benzene rings is 1. The number of nitrogens with one attached hydrogen (secondary N) is 1. The second kappa shape index (κ2) is 6.75. The maximum Gasteiger partial charge on any atom is 0.274 e. The van der Waals surface area contributed by atoms with Crippen LogP contribution in [0.2, 0.25) is 10.0 Å². The Kier molecular flexibility index (Phi) is 4.85. The Labute approximate surface area is 157 Å². The molecule has 1 N–H and O–H groups in total. The van der Waals surface area contributed by atoms with Crippen molar-refractivity contribution in [3.05, 3.63) is 61.9 Å². The molecule has 2 aromatic heterocycles. The number of anilines is 1. The van der Waals surface area contributed by atoms with Gasteiger partial charge in [-0.15, -0.1) is 0 Å². The molecule has 0 saturated heterocycles. The lowest BCUT2D eigenvalue weighted by molar-refractivity contribution is 0.102. The highest BCUT2D eigenvalue weighted by molar-refractivity contribution is 9.10. The van der Waals surface area contributed by atoms with Gasteiger partial charge in [0.2, 0.25) is 0 Å². The highest BCUT2D eigenvalue weighted by atomic mass is 79.9. The average Bonchev–Trinajstić information content (AvgIpc) is 2.89. The molecule has 0 aliphatic carbocycles. The third kappa shape index (κ3) is 3.16. The van der Waals surface area contributed by atoms with Gasteiger partial charge in [-0.3, -0.25) is 9.20 Å². The lowest BCUT2D eigenvalue weighted by atomic mass is 10.2. The number of amides is 1. The molecule has 0 unspecified atom stereocenters. The Morgan fingerprint density at radius 3 is 2.79 bits per heavy atom. The molecule has 24 heavy (non-hydrogen) atoms. The molecule has 0 saturated carbocycles. The number of carbonyl (C=O) groups excluding carboxylic acids is 1. The summed E-state index contributed by atoms with van der Waals surface area (Å²) in [6.45, 7) is 3.93. The van der Waals surface area contributed by atoms with E-state index in [1.54, 1.807) is 22.6 Å². The number of aromatic nitrogens is 2. The summed E-state index contributed by atoms with van der Waals surface area (Å²) in [7, 11) is 0. The van der Waals surface area contributed by atoms with Gasteiger partial charge in [-0.25, -0.2) is 4.98 Å². The van der Waals surface area contributed by atoms with Gasteiger partial charge in [0.05, 0.1) is 20.9 Å². The van der Waals surface area contributed by atoms with Gasteiger partial charge >= 0.3 is 0 Å². The summed E-state index contributed by atoms with van der Waals surface area (Å²) < 4.78 is 2.64. The average molecular weight is 427 g/mol. The van der Waals surface area contributed by atoms with Crippen molar-refractivity contribution in [2.45, 2.75) is 20.3 Å². The topological polar surface area (TPSA) is 46.4 Å². The molecule has 7 heteroatoms. The predicted octanol–water partition coefficient (Wildman–Crippen LogP) is 5.53. The standard InChI is InChI=1S/C17H14BrCl2N3O/c1-3-13-15(23-8-9(2)6-11(18)16(23)21-13)17(24)22-14-7-10(19)4-5-12(14)20/h4-8H,3H2,1-2H3,(H,22,24). The van der Waals surface area contributed by atoms with Gasteiger partial charge in [-0.05, 0) is 59.1 Å². The van der Waals surface area contributed by atoms with Gasteiger partial charge in [0.15, 0.2) is 5.65 Å². The number of hydrogen-bond donors (Lipinski definition) is 1. The number of pyridine rings is 1. The Morgan fingerprint density at radius 2 is 2.08 bits per heavy atom. The molecule has 0 aliphatic rings.